The number of esters is 2. The van der Waals surface area contributed by atoms with Crippen LogP contribution in [0, 0.1) is 10.5 Å². The maximum Gasteiger partial charge on any atom is 0.349 e. The van der Waals surface area contributed by atoms with Crippen LogP contribution in [0.25, 0.3) is 0 Å². The minimum Gasteiger partial charge on any atom is -0.450 e. The summed E-state index contributed by atoms with van der Waals surface area (Å²) in [5.74, 6) is -1.57. The van der Waals surface area contributed by atoms with Crippen LogP contribution in [0.1, 0.15) is 41.3 Å². The van der Waals surface area contributed by atoms with Crippen LogP contribution in [0.2, 0.25) is 0 Å². The van der Waals surface area contributed by atoms with Gasteiger partial charge in [-0.3, -0.25) is 4.55 Å². The molecule has 0 aliphatic carbocycles. The van der Waals surface area contributed by atoms with E-state index in [2.05, 4.69) is 0 Å². The van der Waals surface area contributed by atoms with Gasteiger partial charge in [0.25, 0.3) is 10.1 Å². The summed E-state index contributed by atoms with van der Waals surface area (Å²) < 4.78 is 43.4. The third kappa shape index (κ3) is 5.52. The largest absolute Gasteiger partial charge is 0.450 e. The Morgan fingerprint density at radius 3 is 2.39 bits per heavy atom. The molecule has 0 fully saturated rings. The molecule has 0 atom stereocenters. The van der Waals surface area contributed by atoms with Gasteiger partial charge in [0.2, 0.25) is 0 Å². The number of ether oxygens (including phenoxy) is 2. The Hall–Kier alpha value is -1.98. The van der Waals surface area contributed by atoms with Crippen LogP contribution in [-0.4, -0.2) is 31.5 Å². The lowest BCUT2D eigenvalue weighted by atomic mass is 10.0. The number of halogens is 1. The fourth-order valence-corrected chi connectivity index (χ4v) is 3.97. The van der Waals surface area contributed by atoms with E-state index in [1.165, 1.54) is 12.1 Å². The first-order valence-electron chi connectivity index (χ1n) is 8.25. The molecule has 0 aliphatic rings. The molecular weight excluding hydrogens is 499 g/mol. The molecule has 0 amide bonds. The van der Waals surface area contributed by atoms with Crippen molar-refractivity contribution in [3.8, 4) is 5.75 Å². The quantitative estimate of drug-likeness (QED) is 0.269. The summed E-state index contributed by atoms with van der Waals surface area (Å²) in [7, 11) is -4.41. The van der Waals surface area contributed by atoms with Gasteiger partial charge >= 0.3 is 11.9 Å². The van der Waals surface area contributed by atoms with Crippen molar-refractivity contribution in [2.75, 3.05) is 6.61 Å². The highest BCUT2D eigenvalue weighted by Gasteiger charge is 2.22. The van der Waals surface area contributed by atoms with Gasteiger partial charge < -0.3 is 9.47 Å². The fourth-order valence-electron chi connectivity index (χ4n) is 2.44. The van der Waals surface area contributed by atoms with Crippen molar-refractivity contribution in [2.24, 2.45) is 0 Å². The first-order chi connectivity index (χ1) is 13.0. The van der Waals surface area contributed by atoms with Gasteiger partial charge in [-0.25, -0.2) is 9.59 Å². The Kier molecular flexibility index (Phi) is 7.18. The monoisotopic (exact) mass is 518 g/mol. The number of aryl methyl sites for hydroxylation is 1. The van der Waals surface area contributed by atoms with E-state index in [0.717, 1.165) is 0 Å². The molecule has 0 saturated heterocycles. The van der Waals surface area contributed by atoms with E-state index in [0.29, 0.717) is 20.3 Å². The van der Waals surface area contributed by atoms with E-state index in [9.17, 15) is 22.6 Å². The predicted molar refractivity (Wildman–Crippen MR) is 110 cm³/mol. The molecule has 2 rings (SSSR count). The summed E-state index contributed by atoms with van der Waals surface area (Å²) in [5.41, 5.74) is 0.993. The lowest BCUT2D eigenvalue weighted by molar-refractivity contribution is -0.137. The smallest absolute Gasteiger partial charge is 0.349 e. The molecule has 28 heavy (non-hydrogen) atoms. The molecule has 0 aliphatic heterocycles. The molecule has 150 valence electrons. The van der Waals surface area contributed by atoms with Gasteiger partial charge in [-0.05, 0) is 70.8 Å². The second-order valence-corrected chi connectivity index (χ2v) is 8.87. The highest BCUT2D eigenvalue weighted by Crippen LogP contribution is 2.31. The molecule has 0 unspecified atom stereocenters. The molecule has 2 aromatic carbocycles. The molecular formula is C19H19IO7S. The first-order valence-corrected chi connectivity index (χ1v) is 10.8. The number of hydrogen-bond acceptors (Lipinski definition) is 6. The Morgan fingerprint density at radius 2 is 1.82 bits per heavy atom. The molecule has 0 bridgehead atoms. The summed E-state index contributed by atoms with van der Waals surface area (Å²) in [6.45, 7) is 4.43. The first kappa shape index (κ1) is 22.3. The van der Waals surface area contributed by atoms with Crippen molar-refractivity contribution in [1.82, 2.24) is 0 Å². The predicted octanol–water partition coefficient (Wildman–Crippen LogP) is 3.73. The van der Waals surface area contributed by atoms with Crippen LogP contribution >= 0.6 is 22.6 Å². The fraction of sp³-hybridized carbons (Fsp3) is 0.263. The molecule has 0 saturated carbocycles. The Bertz CT molecular complexity index is 1010. The zero-order valence-corrected chi connectivity index (χ0v) is 18.4. The summed E-state index contributed by atoms with van der Waals surface area (Å²) in [4.78, 5) is 23.9. The minimum atomic E-state index is -4.41. The lowest BCUT2D eigenvalue weighted by Gasteiger charge is -2.15. The van der Waals surface area contributed by atoms with Crippen LogP contribution in [-0.2, 0) is 19.6 Å². The van der Waals surface area contributed by atoms with Crippen LogP contribution < -0.4 is 4.74 Å². The summed E-state index contributed by atoms with van der Waals surface area (Å²) in [6, 6.07) is 9.42. The highest BCUT2D eigenvalue weighted by molar-refractivity contribution is 14.1. The molecule has 7 nitrogen and oxygen atoms in total. The van der Waals surface area contributed by atoms with Crippen LogP contribution in [0.3, 0.4) is 0 Å². The van der Waals surface area contributed by atoms with Crippen molar-refractivity contribution in [2.45, 2.75) is 31.6 Å². The van der Waals surface area contributed by atoms with E-state index in [4.69, 9.17) is 9.47 Å². The molecule has 0 radical (unpaired) electrons. The van der Waals surface area contributed by atoms with Gasteiger partial charge in [-0.1, -0.05) is 26.0 Å². The van der Waals surface area contributed by atoms with Crippen LogP contribution in [0.15, 0.2) is 41.3 Å². The van der Waals surface area contributed by atoms with E-state index >= 15 is 0 Å². The average molecular weight is 518 g/mol. The van der Waals surface area contributed by atoms with E-state index in [1.54, 1.807) is 45.0 Å². The SMILES string of the molecule is Cc1cc(S(=O)(=O)O)c(C(C)C)cc1OC(=O)COC(=O)c1ccccc1I. The van der Waals surface area contributed by atoms with Gasteiger partial charge in [-0.2, -0.15) is 8.42 Å². The lowest BCUT2D eigenvalue weighted by Crippen LogP contribution is -2.20. The second kappa shape index (κ2) is 9.01. The zero-order valence-electron chi connectivity index (χ0n) is 15.4. The third-order valence-electron chi connectivity index (χ3n) is 3.85. The average Bonchev–Trinajstić information content (AvgIpc) is 2.60. The minimum absolute atomic E-state index is 0.131. The topological polar surface area (TPSA) is 107 Å². The van der Waals surface area contributed by atoms with Crippen molar-refractivity contribution >= 4 is 44.6 Å². The molecule has 0 aromatic heterocycles. The Labute approximate surface area is 176 Å². The molecule has 9 heteroatoms. The zero-order chi connectivity index (χ0) is 21.1. The number of hydrogen-bond donors (Lipinski definition) is 1. The van der Waals surface area contributed by atoms with Crippen molar-refractivity contribution in [3.63, 3.8) is 0 Å². The molecule has 0 heterocycles. The third-order valence-corrected chi connectivity index (χ3v) is 5.70. The van der Waals surface area contributed by atoms with Gasteiger partial charge in [0.15, 0.2) is 6.61 Å². The number of carbonyl (C=O) groups is 2. The van der Waals surface area contributed by atoms with E-state index < -0.39 is 28.7 Å². The summed E-state index contributed by atoms with van der Waals surface area (Å²) in [6.07, 6.45) is 0. The van der Waals surface area contributed by atoms with E-state index in [1.807, 2.05) is 22.6 Å². The second-order valence-electron chi connectivity index (χ2n) is 6.32. The number of rotatable bonds is 6. The number of carbonyl (C=O) groups excluding carboxylic acids is 2. The molecule has 0 spiro atoms. The van der Waals surface area contributed by atoms with Crippen molar-refractivity contribution in [3.05, 3.63) is 56.7 Å². The van der Waals surface area contributed by atoms with Crippen molar-refractivity contribution in [1.29, 1.82) is 0 Å². The molecule has 2 aromatic rings. The highest BCUT2D eigenvalue weighted by atomic mass is 127. The standard InChI is InChI=1S/C19H19IO7S/c1-11(2)14-9-16(12(3)8-17(14)28(23,24)25)27-18(21)10-26-19(22)13-6-4-5-7-15(13)20/h4-9,11H,10H2,1-3H3,(H,23,24,25). The van der Waals surface area contributed by atoms with Crippen molar-refractivity contribution < 1.29 is 32.0 Å². The maximum atomic E-state index is 12.1. The van der Waals surface area contributed by atoms with Gasteiger partial charge in [0.1, 0.15) is 5.75 Å². The van der Waals surface area contributed by atoms with Crippen LogP contribution in [0.5, 0.6) is 5.75 Å². The Balaban J connectivity index is 2.15. The molecule has 1 N–H and O–H groups in total. The Morgan fingerprint density at radius 1 is 1.18 bits per heavy atom. The maximum absolute atomic E-state index is 12.1. The van der Waals surface area contributed by atoms with Gasteiger partial charge in [-0.15, -0.1) is 0 Å². The number of benzene rings is 2. The summed E-state index contributed by atoms with van der Waals surface area (Å²) in [5, 5.41) is 0. The normalized spacial score (nSPS) is 11.4. The van der Waals surface area contributed by atoms with Crippen LogP contribution in [0.4, 0.5) is 0 Å². The van der Waals surface area contributed by atoms with Gasteiger partial charge in [0.05, 0.1) is 10.5 Å². The summed E-state index contributed by atoms with van der Waals surface area (Å²) >= 11 is 1.99. The van der Waals surface area contributed by atoms with Gasteiger partial charge in [0, 0.05) is 3.57 Å². The van der Waals surface area contributed by atoms with E-state index in [-0.39, 0.29) is 16.6 Å².